The van der Waals surface area contributed by atoms with Gasteiger partial charge < -0.3 is 15.8 Å². The number of carbonyl (C=O) groups excluding carboxylic acids is 2. The van der Waals surface area contributed by atoms with Crippen LogP contribution in [0.2, 0.25) is 10.0 Å². The first-order chi connectivity index (χ1) is 16.6. The molecule has 8 nitrogen and oxygen atoms in total. The lowest BCUT2D eigenvalue weighted by Gasteiger charge is -2.32. The Morgan fingerprint density at radius 2 is 1.94 bits per heavy atom. The van der Waals surface area contributed by atoms with Gasteiger partial charge >= 0.3 is 5.97 Å². The van der Waals surface area contributed by atoms with E-state index in [9.17, 15) is 19.5 Å². The Kier molecular flexibility index (Phi) is 8.19. The zero-order chi connectivity index (χ0) is 25.9. The van der Waals surface area contributed by atoms with E-state index >= 15 is 0 Å². The molecule has 0 radical (unpaired) electrons. The van der Waals surface area contributed by atoms with Crippen LogP contribution in [-0.2, 0) is 11.3 Å². The number of carboxylic acids is 1. The molecule has 0 unspecified atom stereocenters. The predicted octanol–water partition coefficient (Wildman–Crippen LogP) is 4.72. The van der Waals surface area contributed by atoms with Gasteiger partial charge in [0.1, 0.15) is 0 Å². The molecule has 0 fully saturated rings. The van der Waals surface area contributed by atoms with Crippen LogP contribution in [0.1, 0.15) is 63.6 Å². The molecule has 1 aliphatic rings. The quantitative estimate of drug-likeness (QED) is 0.378. The van der Waals surface area contributed by atoms with Gasteiger partial charge in [0.25, 0.3) is 11.8 Å². The largest absolute Gasteiger partial charge is 0.481 e. The number of rotatable bonds is 8. The van der Waals surface area contributed by atoms with Crippen molar-refractivity contribution in [3.8, 4) is 0 Å². The van der Waals surface area contributed by atoms with Gasteiger partial charge in [0.05, 0.1) is 28.1 Å². The van der Waals surface area contributed by atoms with Crippen LogP contribution in [0.15, 0.2) is 36.5 Å². The van der Waals surface area contributed by atoms with E-state index in [1.165, 1.54) is 12.1 Å². The number of aliphatic carboxylic acids is 1. The van der Waals surface area contributed by atoms with Crippen LogP contribution in [0.4, 0.5) is 0 Å². The van der Waals surface area contributed by atoms with Gasteiger partial charge in [-0.1, -0.05) is 55.2 Å². The fourth-order valence-electron chi connectivity index (χ4n) is 4.31. The van der Waals surface area contributed by atoms with E-state index < -0.39 is 23.7 Å². The summed E-state index contributed by atoms with van der Waals surface area (Å²) in [6.45, 7) is 3.56. The summed E-state index contributed by atoms with van der Waals surface area (Å²) < 4.78 is 0. The highest BCUT2D eigenvalue weighted by Crippen LogP contribution is 2.35. The molecule has 4 N–H and O–H groups in total. The van der Waals surface area contributed by atoms with Gasteiger partial charge in [-0.15, -0.1) is 0 Å². The molecule has 2 atom stereocenters. The normalized spacial score (nSPS) is 15.1. The molecule has 1 aliphatic heterocycles. The minimum atomic E-state index is -0.939. The summed E-state index contributed by atoms with van der Waals surface area (Å²) in [4.78, 5) is 38.1. The molecule has 0 bridgehead atoms. The van der Waals surface area contributed by atoms with E-state index in [1.54, 1.807) is 38.4 Å². The maximum absolute atomic E-state index is 13.3. The van der Waals surface area contributed by atoms with Gasteiger partial charge in [-0.2, -0.15) is 0 Å². The van der Waals surface area contributed by atoms with Crippen LogP contribution in [0.25, 0.3) is 5.57 Å². The number of amides is 2. The summed E-state index contributed by atoms with van der Waals surface area (Å²) in [5.41, 5.74) is 5.32. The topological polar surface area (TPSA) is 123 Å². The van der Waals surface area contributed by atoms with Crippen molar-refractivity contribution in [3.05, 3.63) is 74.4 Å². The summed E-state index contributed by atoms with van der Waals surface area (Å²) in [7, 11) is 1.69. The minimum absolute atomic E-state index is 0.0247. The lowest BCUT2D eigenvalue weighted by Crippen LogP contribution is -2.50. The standard InChI is InChI=1S/C25H26Cl2N4O4/c1-4-17(13(2)25(34)35)18-7-5-6-14-12-31(30-23(32)21(14)18)24(33)22-19(26)8-15(9-20(22)27)16(10-28)11-29-3/h5-11,13,17,28-29H,4,12H2,1-3H3,(H,30,32)(H,34,35)/b16-11+,28-10?/t13-,17-/m1/s1. The number of carboxylic acid groups (broad SMARTS) is 1. The number of allylic oxidation sites excluding steroid dienone is 1. The summed E-state index contributed by atoms with van der Waals surface area (Å²) in [5, 5.41) is 21.2. The van der Waals surface area contributed by atoms with Gasteiger partial charge in [-0.05, 0) is 41.2 Å². The lowest BCUT2D eigenvalue weighted by atomic mass is 9.81. The summed E-state index contributed by atoms with van der Waals surface area (Å²) in [5.74, 6) is -3.07. The smallest absolute Gasteiger partial charge is 0.306 e. The van der Waals surface area contributed by atoms with Crippen molar-refractivity contribution in [1.82, 2.24) is 15.8 Å². The number of nitrogens with one attached hydrogen (secondary N) is 3. The first-order valence-corrected chi connectivity index (χ1v) is 11.7. The Labute approximate surface area is 213 Å². The lowest BCUT2D eigenvalue weighted by molar-refractivity contribution is -0.141. The second-order valence-corrected chi connectivity index (χ2v) is 9.02. The number of halogens is 2. The molecule has 35 heavy (non-hydrogen) atoms. The monoisotopic (exact) mass is 516 g/mol. The Morgan fingerprint density at radius 3 is 2.49 bits per heavy atom. The molecule has 2 aromatic carbocycles. The second-order valence-electron chi connectivity index (χ2n) is 8.20. The summed E-state index contributed by atoms with van der Waals surface area (Å²) >= 11 is 12.8. The Hall–Kier alpha value is -3.36. The molecule has 184 valence electrons. The number of hydrogen-bond acceptors (Lipinski definition) is 5. The van der Waals surface area contributed by atoms with Crippen LogP contribution in [0.3, 0.4) is 0 Å². The summed E-state index contributed by atoms with van der Waals surface area (Å²) in [6.07, 6.45) is 3.27. The average Bonchev–Trinajstić information content (AvgIpc) is 2.82. The zero-order valence-corrected chi connectivity index (χ0v) is 21.0. The molecule has 0 saturated heterocycles. The van der Waals surface area contributed by atoms with Crippen LogP contribution in [-0.4, -0.2) is 41.2 Å². The third-order valence-electron chi connectivity index (χ3n) is 6.10. The van der Waals surface area contributed by atoms with Gasteiger partial charge in [-0.25, -0.2) is 5.01 Å². The number of hydrazine groups is 1. The Balaban J connectivity index is 1.97. The maximum Gasteiger partial charge on any atom is 0.306 e. The molecule has 3 rings (SSSR count). The zero-order valence-electron chi connectivity index (χ0n) is 19.5. The van der Waals surface area contributed by atoms with E-state index in [-0.39, 0.29) is 28.1 Å². The molecule has 1 heterocycles. The number of carbonyl (C=O) groups is 3. The van der Waals surface area contributed by atoms with Gasteiger partial charge in [0.2, 0.25) is 0 Å². The average molecular weight is 517 g/mol. The molecule has 10 heteroatoms. The van der Waals surface area contributed by atoms with Crippen molar-refractivity contribution in [1.29, 1.82) is 5.41 Å². The summed E-state index contributed by atoms with van der Waals surface area (Å²) in [6, 6.07) is 8.32. The maximum atomic E-state index is 13.3. The third-order valence-corrected chi connectivity index (χ3v) is 6.69. The van der Waals surface area contributed by atoms with Crippen LogP contribution in [0.5, 0.6) is 0 Å². The van der Waals surface area contributed by atoms with Crippen molar-refractivity contribution in [2.75, 3.05) is 7.05 Å². The molecular weight excluding hydrogens is 491 g/mol. The molecular formula is C25H26Cl2N4O4. The molecule has 0 saturated carbocycles. The van der Waals surface area contributed by atoms with E-state index in [4.69, 9.17) is 28.6 Å². The van der Waals surface area contributed by atoms with Crippen molar-refractivity contribution in [3.63, 3.8) is 0 Å². The van der Waals surface area contributed by atoms with Crippen LogP contribution < -0.4 is 10.7 Å². The minimum Gasteiger partial charge on any atom is -0.481 e. The molecule has 0 aromatic heterocycles. The number of hydrogen-bond donors (Lipinski definition) is 4. The van der Waals surface area contributed by atoms with Crippen LogP contribution >= 0.6 is 23.2 Å². The molecule has 0 spiro atoms. The van der Waals surface area contributed by atoms with E-state index in [0.29, 0.717) is 34.2 Å². The first-order valence-electron chi connectivity index (χ1n) is 11.0. The molecule has 0 aliphatic carbocycles. The molecule has 2 amide bonds. The Morgan fingerprint density at radius 1 is 1.29 bits per heavy atom. The van der Waals surface area contributed by atoms with E-state index in [2.05, 4.69) is 10.7 Å². The van der Waals surface area contributed by atoms with E-state index in [0.717, 1.165) is 11.2 Å². The first kappa shape index (κ1) is 26.2. The fraction of sp³-hybridized carbons (Fsp3) is 0.280. The highest BCUT2D eigenvalue weighted by molar-refractivity contribution is 6.40. The highest BCUT2D eigenvalue weighted by atomic mass is 35.5. The van der Waals surface area contributed by atoms with Gasteiger partial charge in [0, 0.05) is 30.6 Å². The van der Waals surface area contributed by atoms with Crippen LogP contribution in [0, 0.1) is 11.3 Å². The van der Waals surface area contributed by atoms with Gasteiger partial charge in [0.15, 0.2) is 0 Å². The van der Waals surface area contributed by atoms with E-state index in [1.807, 2.05) is 6.92 Å². The number of nitrogens with zero attached hydrogens (tertiary/aromatic N) is 1. The molecule has 2 aromatic rings. The highest BCUT2D eigenvalue weighted by Gasteiger charge is 2.34. The Bertz CT molecular complexity index is 1200. The predicted molar refractivity (Wildman–Crippen MR) is 136 cm³/mol. The number of fused-ring (bicyclic) bond motifs is 1. The van der Waals surface area contributed by atoms with Crippen molar-refractivity contribution in [2.45, 2.75) is 32.7 Å². The fourth-order valence-corrected chi connectivity index (χ4v) is 4.96. The number of benzene rings is 2. The second kappa shape index (κ2) is 10.9. The van der Waals surface area contributed by atoms with Crippen molar-refractivity contribution < 1.29 is 19.5 Å². The van der Waals surface area contributed by atoms with Crippen molar-refractivity contribution in [2.24, 2.45) is 5.92 Å². The SMILES string of the molecule is CC[C@@H](c1cccc2c1C(=O)NN(C(=O)c1c(Cl)cc(/C(C=N)=C/NC)cc1Cl)C2)[C@@H](C)C(=O)O. The van der Waals surface area contributed by atoms with Gasteiger partial charge in [-0.3, -0.25) is 19.8 Å². The van der Waals surface area contributed by atoms with Crippen molar-refractivity contribution >= 4 is 52.8 Å². The third kappa shape index (κ3) is 5.18.